The van der Waals surface area contributed by atoms with E-state index in [1.54, 1.807) is 6.20 Å². The van der Waals surface area contributed by atoms with Crippen LogP contribution in [0.15, 0.2) is 12.4 Å². The minimum atomic E-state index is -0.711. The summed E-state index contributed by atoms with van der Waals surface area (Å²) in [6.07, 6.45) is 9.19. The molecule has 4 aliphatic carbocycles. The van der Waals surface area contributed by atoms with E-state index in [1.807, 2.05) is 0 Å². The number of fused-ring (bicyclic) bond motifs is 4. The maximum absolute atomic E-state index is 15.8. The Morgan fingerprint density at radius 3 is 2.53 bits per heavy atom. The molecular weight excluding hydrogens is 410 g/mol. The molecule has 3 aromatic rings. The van der Waals surface area contributed by atoms with E-state index in [-0.39, 0.29) is 23.5 Å². The molecule has 2 unspecified atom stereocenters. The summed E-state index contributed by atoms with van der Waals surface area (Å²) < 4.78 is 29.6. The lowest BCUT2D eigenvalue weighted by Crippen LogP contribution is -2.47. The van der Waals surface area contributed by atoms with Crippen molar-refractivity contribution in [2.75, 3.05) is 5.32 Å². The molecule has 0 radical (unpaired) electrons. The molecule has 4 aliphatic rings. The smallest absolute Gasteiger partial charge is 0.232 e. The number of pyridine rings is 1. The van der Waals surface area contributed by atoms with Crippen molar-refractivity contribution >= 4 is 22.7 Å². The number of halogens is 2. The fourth-order valence-electron chi connectivity index (χ4n) is 5.92. The molecule has 3 aromatic heterocycles. The summed E-state index contributed by atoms with van der Waals surface area (Å²) in [5, 5.41) is 3.46. The first kappa shape index (κ1) is 19.6. The van der Waals surface area contributed by atoms with Gasteiger partial charge in [0.05, 0.1) is 18.5 Å². The maximum Gasteiger partial charge on any atom is 0.232 e. The number of hydrogen-bond acceptors (Lipinski definition) is 4. The van der Waals surface area contributed by atoms with E-state index >= 15 is 4.39 Å². The fraction of sp³-hybridized carbons (Fsp3) is 0.500. The van der Waals surface area contributed by atoms with Crippen LogP contribution in [-0.4, -0.2) is 26.0 Å². The van der Waals surface area contributed by atoms with Crippen molar-refractivity contribution in [2.24, 2.45) is 17.8 Å². The van der Waals surface area contributed by atoms with Crippen molar-refractivity contribution in [3.8, 4) is 11.3 Å². The molecule has 3 heterocycles. The van der Waals surface area contributed by atoms with Gasteiger partial charge in [-0.1, -0.05) is 6.92 Å². The topological polar surface area (TPSA) is 70.8 Å². The second kappa shape index (κ2) is 7.22. The predicted molar refractivity (Wildman–Crippen MR) is 117 cm³/mol. The Morgan fingerprint density at radius 1 is 1.09 bits per heavy atom. The lowest BCUT2D eigenvalue weighted by molar-refractivity contribution is 0.0926. The van der Waals surface area contributed by atoms with Crippen LogP contribution in [0, 0.1) is 36.1 Å². The normalized spacial score (nSPS) is 26.9. The van der Waals surface area contributed by atoms with Crippen LogP contribution in [0.1, 0.15) is 56.9 Å². The van der Waals surface area contributed by atoms with Crippen molar-refractivity contribution < 1.29 is 8.78 Å². The molecule has 0 amide bonds. The van der Waals surface area contributed by atoms with Crippen LogP contribution in [0.4, 0.5) is 20.3 Å². The van der Waals surface area contributed by atoms with Crippen molar-refractivity contribution in [3.05, 3.63) is 41.1 Å². The van der Waals surface area contributed by atoms with Gasteiger partial charge in [-0.05, 0) is 62.2 Å². The van der Waals surface area contributed by atoms with Gasteiger partial charge in [0, 0.05) is 23.4 Å². The Hall–Kier alpha value is -3.08. The van der Waals surface area contributed by atoms with E-state index < -0.39 is 11.8 Å². The first-order chi connectivity index (χ1) is 15.5. The van der Waals surface area contributed by atoms with Gasteiger partial charge in [-0.15, -0.1) is 0 Å². The van der Waals surface area contributed by atoms with E-state index in [0.29, 0.717) is 45.7 Å². The largest absolute Gasteiger partial charge is 0.364 e. The van der Waals surface area contributed by atoms with Crippen LogP contribution in [0.2, 0.25) is 0 Å². The average molecular weight is 434 g/mol. The third-order valence-corrected chi connectivity index (χ3v) is 7.79. The molecule has 0 spiro atoms. The summed E-state index contributed by atoms with van der Waals surface area (Å²) >= 11 is 0. The summed E-state index contributed by atoms with van der Waals surface area (Å²) in [5.41, 5.74) is 2.14. The molecular formula is C24H24F2N6. The SMILES string of the molecule is [C-]#[N+]c1c(-c2c[nH]c3ncc(F)nc23)nc(NC2C3CCC(CC3)C2C)c(F)c1C1CC1. The summed E-state index contributed by atoms with van der Waals surface area (Å²) in [4.78, 5) is 19.3. The molecule has 0 aromatic carbocycles. The molecule has 0 saturated heterocycles. The second-order valence-electron chi connectivity index (χ2n) is 9.57. The zero-order valence-electron chi connectivity index (χ0n) is 17.8. The minimum Gasteiger partial charge on any atom is -0.364 e. The average Bonchev–Trinajstić information content (AvgIpc) is 3.56. The molecule has 6 nitrogen and oxygen atoms in total. The molecule has 2 bridgehead atoms. The molecule has 0 aliphatic heterocycles. The number of anilines is 1. The Labute approximate surface area is 184 Å². The van der Waals surface area contributed by atoms with Crippen LogP contribution < -0.4 is 5.32 Å². The third-order valence-electron chi connectivity index (χ3n) is 7.79. The third kappa shape index (κ3) is 2.98. The van der Waals surface area contributed by atoms with E-state index in [0.717, 1.165) is 31.9 Å². The summed E-state index contributed by atoms with van der Waals surface area (Å²) in [7, 11) is 0. The number of nitrogens with one attached hydrogen (secondary N) is 2. The van der Waals surface area contributed by atoms with E-state index in [1.165, 1.54) is 12.8 Å². The number of rotatable bonds is 4. The quantitative estimate of drug-likeness (QED) is 0.497. The maximum atomic E-state index is 15.8. The number of aromatic amines is 1. The molecule has 2 N–H and O–H groups in total. The van der Waals surface area contributed by atoms with Gasteiger partial charge in [0.2, 0.25) is 11.6 Å². The molecule has 4 fully saturated rings. The summed E-state index contributed by atoms with van der Waals surface area (Å²) in [6, 6.07) is 0.170. The van der Waals surface area contributed by atoms with Gasteiger partial charge >= 0.3 is 0 Å². The zero-order chi connectivity index (χ0) is 22.0. The highest BCUT2D eigenvalue weighted by Crippen LogP contribution is 2.51. The highest BCUT2D eigenvalue weighted by Gasteiger charge is 2.42. The van der Waals surface area contributed by atoms with Crippen LogP contribution in [-0.2, 0) is 0 Å². The zero-order valence-corrected chi connectivity index (χ0v) is 17.8. The molecule has 7 rings (SSSR count). The lowest BCUT2D eigenvalue weighted by Gasteiger charge is -2.47. The number of aromatic nitrogens is 4. The van der Waals surface area contributed by atoms with Gasteiger partial charge in [-0.3, -0.25) is 0 Å². The first-order valence-electron chi connectivity index (χ1n) is 11.4. The van der Waals surface area contributed by atoms with Crippen LogP contribution in [0.5, 0.6) is 0 Å². The van der Waals surface area contributed by atoms with E-state index in [4.69, 9.17) is 6.57 Å². The summed E-state index contributed by atoms with van der Waals surface area (Å²) in [6.45, 7) is 10.0. The first-order valence-corrected chi connectivity index (χ1v) is 11.4. The highest BCUT2D eigenvalue weighted by atomic mass is 19.1. The van der Waals surface area contributed by atoms with Gasteiger partial charge in [0.15, 0.2) is 17.3 Å². The van der Waals surface area contributed by atoms with E-state index in [9.17, 15) is 4.39 Å². The van der Waals surface area contributed by atoms with Gasteiger partial charge < -0.3 is 10.3 Å². The number of nitrogens with zero attached hydrogens (tertiary/aromatic N) is 4. The molecule has 8 heteroatoms. The summed E-state index contributed by atoms with van der Waals surface area (Å²) in [5.74, 6) is 0.734. The second-order valence-corrected chi connectivity index (χ2v) is 9.57. The molecule has 164 valence electrons. The van der Waals surface area contributed by atoms with Gasteiger partial charge in [-0.2, -0.15) is 4.39 Å². The highest BCUT2D eigenvalue weighted by molar-refractivity contribution is 5.94. The van der Waals surface area contributed by atoms with Crippen molar-refractivity contribution in [1.29, 1.82) is 0 Å². The number of hydrogen-bond donors (Lipinski definition) is 2. The monoisotopic (exact) mass is 434 g/mol. The molecule has 4 saturated carbocycles. The van der Waals surface area contributed by atoms with Crippen LogP contribution >= 0.6 is 0 Å². The Morgan fingerprint density at radius 2 is 1.84 bits per heavy atom. The van der Waals surface area contributed by atoms with Gasteiger partial charge in [0.25, 0.3) is 0 Å². The van der Waals surface area contributed by atoms with Crippen molar-refractivity contribution in [3.63, 3.8) is 0 Å². The van der Waals surface area contributed by atoms with Crippen LogP contribution in [0.25, 0.3) is 27.3 Å². The lowest BCUT2D eigenvalue weighted by atomic mass is 9.62. The van der Waals surface area contributed by atoms with Gasteiger partial charge in [-0.25, -0.2) is 24.2 Å². The van der Waals surface area contributed by atoms with Crippen LogP contribution in [0.3, 0.4) is 0 Å². The predicted octanol–water partition coefficient (Wildman–Crippen LogP) is 5.96. The standard InChI is InChI=1S/C24H24F2N6/c1-11-12-3-7-14(8-4-12)19(11)31-23-18(26)17(13-5-6-13)22(27-2)20(32-23)15-9-28-24-21(15)30-16(25)10-29-24/h9-14,19H,3-8H2,1H3,(H,28,29)(H,31,32). The Kier molecular flexibility index (Phi) is 4.42. The van der Waals surface area contributed by atoms with E-state index in [2.05, 4.69) is 37.0 Å². The Balaban J connectivity index is 1.51. The fourth-order valence-corrected chi connectivity index (χ4v) is 5.92. The molecule has 32 heavy (non-hydrogen) atoms. The van der Waals surface area contributed by atoms with Gasteiger partial charge in [0.1, 0.15) is 5.52 Å². The number of H-pyrrole nitrogens is 1. The Bertz CT molecular complexity index is 1250. The minimum absolute atomic E-state index is 0.0228. The van der Waals surface area contributed by atoms with Crippen molar-refractivity contribution in [2.45, 2.75) is 57.4 Å². The molecule has 2 atom stereocenters. The van der Waals surface area contributed by atoms with Crippen molar-refractivity contribution in [1.82, 2.24) is 19.9 Å².